The van der Waals surface area contributed by atoms with Crippen LogP contribution in [-0.4, -0.2) is 53.9 Å². The van der Waals surface area contributed by atoms with Crippen LogP contribution in [0.4, 0.5) is 5.13 Å². The van der Waals surface area contributed by atoms with Gasteiger partial charge in [-0.3, -0.25) is 4.79 Å². The van der Waals surface area contributed by atoms with E-state index in [2.05, 4.69) is 15.5 Å². The summed E-state index contributed by atoms with van der Waals surface area (Å²) in [6, 6.07) is 0. The zero-order valence-electron chi connectivity index (χ0n) is 9.67. The van der Waals surface area contributed by atoms with Crippen LogP contribution in [0.5, 0.6) is 0 Å². The number of aromatic nitrogens is 1. The lowest BCUT2D eigenvalue weighted by Gasteiger charge is -2.10. The molecule has 1 aromatic heterocycles. The van der Waals surface area contributed by atoms with Gasteiger partial charge in [0.05, 0.1) is 0 Å². The van der Waals surface area contributed by atoms with E-state index in [-0.39, 0.29) is 11.4 Å². The Bertz CT molecular complexity index is 415. The molecule has 1 aromatic rings. The molecule has 0 unspecified atom stereocenters. The van der Waals surface area contributed by atoms with Crippen molar-refractivity contribution in [1.82, 2.24) is 15.2 Å². The second-order valence-electron chi connectivity index (χ2n) is 3.58. The van der Waals surface area contributed by atoms with Gasteiger partial charge in [0.2, 0.25) is 0 Å². The van der Waals surface area contributed by atoms with Crippen LogP contribution in [0.25, 0.3) is 0 Å². The smallest absolute Gasteiger partial charge is 0.275 e. The highest BCUT2D eigenvalue weighted by atomic mass is 32.1. The van der Waals surface area contributed by atoms with Gasteiger partial charge in [-0.15, -0.1) is 11.3 Å². The average molecular weight is 257 g/mol. The van der Waals surface area contributed by atoms with E-state index in [0.717, 1.165) is 0 Å². The quantitative estimate of drug-likeness (QED) is 0.377. The molecule has 0 fully saturated rings. The number of rotatable bonds is 5. The highest BCUT2D eigenvalue weighted by molar-refractivity contribution is 7.13. The molecule has 8 heteroatoms. The van der Waals surface area contributed by atoms with Crippen molar-refractivity contribution in [2.75, 3.05) is 32.9 Å². The Labute approximate surface area is 103 Å². The van der Waals surface area contributed by atoms with Gasteiger partial charge >= 0.3 is 0 Å². The summed E-state index contributed by atoms with van der Waals surface area (Å²) in [4.78, 5) is 17.5. The molecule has 0 saturated heterocycles. The summed E-state index contributed by atoms with van der Waals surface area (Å²) >= 11 is 1.18. The molecule has 1 amide bonds. The Morgan fingerprint density at radius 1 is 1.71 bits per heavy atom. The van der Waals surface area contributed by atoms with E-state index in [4.69, 9.17) is 10.9 Å². The molecule has 94 valence electrons. The summed E-state index contributed by atoms with van der Waals surface area (Å²) < 4.78 is 0. The molecule has 0 aliphatic rings. The maximum absolute atomic E-state index is 11.7. The number of carbonyl (C=O) groups is 1. The van der Waals surface area contributed by atoms with Gasteiger partial charge in [0.25, 0.3) is 5.91 Å². The van der Waals surface area contributed by atoms with E-state index in [9.17, 15) is 4.79 Å². The highest BCUT2D eigenvalue weighted by Gasteiger charge is 2.17. The highest BCUT2D eigenvalue weighted by Crippen LogP contribution is 2.11. The van der Waals surface area contributed by atoms with Crippen LogP contribution in [0.3, 0.4) is 0 Å². The summed E-state index contributed by atoms with van der Waals surface area (Å²) in [7, 11) is 3.79. The van der Waals surface area contributed by atoms with Gasteiger partial charge in [-0.25, -0.2) is 4.98 Å². The fourth-order valence-electron chi connectivity index (χ4n) is 1.09. The van der Waals surface area contributed by atoms with Gasteiger partial charge in [0.15, 0.2) is 10.8 Å². The summed E-state index contributed by atoms with van der Waals surface area (Å²) in [5.74, 6) is -0.473. The summed E-state index contributed by atoms with van der Waals surface area (Å²) in [6.45, 7) is 1.16. The third kappa shape index (κ3) is 4.00. The first-order valence-electron chi connectivity index (χ1n) is 4.91. The van der Waals surface area contributed by atoms with E-state index in [0.29, 0.717) is 18.2 Å². The Kier molecular flexibility index (Phi) is 4.85. The monoisotopic (exact) mass is 257 g/mol. The number of nitrogens with one attached hydrogen (secondary N) is 1. The van der Waals surface area contributed by atoms with Crippen molar-refractivity contribution in [2.45, 2.75) is 0 Å². The van der Waals surface area contributed by atoms with Gasteiger partial charge < -0.3 is 21.2 Å². The molecule has 0 aromatic carbocycles. The molecule has 17 heavy (non-hydrogen) atoms. The third-order valence-corrected chi connectivity index (χ3v) is 2.60. The number of likely N-dealkylation sites (N-methyl/N-ethyl adjacent to an activating group) is 1. The number of hydrogen-bond donors (Lipinski definition) is 3. The van der Waals surface area contributed by atoms with Crippen molar-refractivity contribution in [2.24, 2.45) is 5.16 Å². The zero-order chi connectivity index (χ0) is 12.8. The zero-order valence-corrected chi connectivity index (χ0v) is 10.5. The van der Waals surface area contributed by atoms with Crippen LogP contribution in [0.1, 0.15) is 5.69 Å². The van der Waals surface area contributed by atoms with E-state index < -0.39 is 5.91 Å². The molecule has 0 saturated carbocycles. The first kappa shape index (κ1) is 13.4. The largest absolute Gasteiger partial charge is 0.410 e. The summed E-state index contributed by atoms with van der Waals surface area (Å²) in [6.07, 6.45) is 0. The van der Waals surface area contributed by atoms with E-state index in [1.54, 1.807) is 5.38 Å². The maximum Gasteiger partial charge on any atom is 0.275 e. The molecule has 1 rings (SSSR count). The molecule has 0 atom stereocenters. The molecular weight excluding hydrogens is 242 g/mol. The Hall–Kier alpha value is -1.67. The Morgan fingerprint density at radius 2 is 2.41 bits per heavy atom. The van der Waals surface area contributed by atoms with Crippen LogP contribution in [0.15, 0.2) is 10.5 Å². The molecule has 0 bridgehead atoms. The predicted octanol–water partition coefficient (Wildman–Crippen LogP) is -0.419. The number of nitrogens with two attached hydrogens (primary N) is 1. The molecule has 0 aliphatic carbocycles. The third-order valence-electron chi connectivity index (χ3n) is 1.92. The van der Waals surface area contributed by atoms with Crippen LogP contribution >= 0.6 is 11.3 Å². The van der Waals surface area contributed by atoms with Gasteiger partial charge in [0, 0.05) is 18.5 Å². The topological polar surface area (TPSA) is 104 Å². The minimum Gasteiger partial charge on any atom is -0.410 e. The van der Waals surface area contributed by atoms with Gasteiger partial charge in [-0.05, 0) is 14.1 Å². The number of nitrogen functional groups attached to an aromatic ring is 1. The fourth-order valence-corrected chi connectivity index (χ4v) is 1.63. The van der Waals surface area contributed by atoms with Crippen LogP contribution in [0.2, 0.25) is 0 Å². The van der Waals surface area contributed by atoms with Crippen LogP contribution in [-0.2, 0) is 4.79 Å². The SMILES string of the molecule is CN(C)CCNC(=O)/C(=N\O)c1csc(N)n1. The first-order chi connectivity index (χ1) is 8.04. The molecule has 0 aliphatic heterocycles. The van der Waals surface area contributed by atoms with Crippen LogP contribution in [0, 0.1) is 0 Å². The Morgan fingerprint density at radius 3 is 2.88 bits per heavy atom. The second kappa shape index (κ2) is 6.16. The van der Waals surface area contributed by atoms with Gasteiger partial charge in [-0.1, -0.05) is 5.16 Å². The molecule has 0 radical (unpaired) electrons. The van der Waals surface area contributed by atoms with Crippen molar-refractivity contribution in [3.8, 4) is 0 Å². The van der Waals surface area contributed by atoms with E-state index in [1.807, 2.05) is 19.0 Å². The molecule has 1 heterocycles. The summed E-state index contributed by atoms with van der Waals surface area (Å²) in [5.41, 5.74) is 5.59. The fraction of sp³-hybridized carbons (Fsp3) is 0.444. The lowest BCUT2D eigenvalue weighted by molar-refractivity contribution is -0.114. The second-order valence-corrected chi connectivity index (χ2v) is 4.47. The molecular formula is C9H15N5O2S. The average Bonchev–Trinajstić information content (AvgIpc) is 2.65. The lowest BCUT2D eigenvalue weighted by Crippen LogP contribution is -2.36. The molecule has 7 nitrogen and oxygen atoms in total. The number of hydrogen-bond acceptors (Lipinski definition) is 7. The normalized spacial score (nSPS) is 11.8. The van der Waals surface area contributed by atoms with E-state index in [1.165, 1.54) is 11.3 Å². The molecule has 4 N–H and O–H groups in total. The van der Waals surface area contributed by atoms with Gasteiger partial charge in [0.1, 0.15) is 5.69 Å². The van der Waals surface area contributed by atoms with Crippen molar-refractivity contribution in [3.05, 3.63) is 11.1 Å². The van der Waals surface area contributed by atoms with E-state index >= 15 is 0 Å². The number of oxime groups is 1. The predicted molar refractivity (Wildman–Crippen MR) is 66.4 cm³/mol. The maximum atomic E-state index is 11.7. The number of amides is 1. The minimum absolute atomic E-state index is 0.128. The van der Waals surface area contributed by atoms with Crippen molar-refractivity contribution in [1.29, 1.82) is 0 Å². The van der Waals surface area contributed by atoms with Crippen molar-refractivity contribution in [3.63, 3.8) is 0 Å². The minimum atomic E-state index is -0.473. The van der Waals surface area contributed by atoms with Crippen LogP contribution < -0.4 is 11.1 Å². The molecule has 0 spiro atoms. The Balaban J connectivity index is 2.60. The van der Waals surface area contributed by atoms with Crippen molar-refractivity contribution >= 4 is 28.1 Å². The summed E-state index contributed by atoms with van der Waals surface area (Å²) in [5, 5.41) is 16.3. The number of anilines is 1. The number of nitrogens with zero attached hydrogens (tertiary/aromatic N) is 3. The lowest BCUT2D eigenvalue weighted by atomic mass is 10.3. The van der Waals surface area contributed by atoms with Crippen molar-refractivity contribution < 1.29 is 10.0 Å². The number of carbonyl (C=O) groups excluding carboxylic acids is 1. The van der Waals surface area contributed by atoms with Gasteiger partial charge in [-0.2, -0.15) is 0 Å². The number of thiazole rings is 1. The first-order valence-corrected chi connectivity index (χ1v) is 5.79. The standard InChI is InChI=1S/C9H15N5O2S/c1-14(2)4-3-11-8(15)7(13-16)6-5-17-9(10)12-6/h5,16H,3-4H2,1-2H3,(H2,10,12)(H,11,15)/b13-7-.